The number of aryl methyl sites for hydroxylation is 1. The van der Waals surface area contributed by atoms with Gasteiger partial charge in [0.25, 0.3) is 0 Å². The van der Waals surface area contributed by atoms with Crippen LogP contribution >= 0.6 is 11.6 Å². The largest absolute Gasteiger partial charge is 0.339 e. The number of halogens is 1. The van der Waals surface area contributed by atoms with Gasteiger partial charge in [0.15, 0.2) is 0 Å². The number of hydrogen-bond donors (Lipinski definition) is 0. The second kappa shape index (κ2) is 9.31. The van der Waals surface area contributed by atoms with Crippen LogP contribution in [-0.4, -0.2) is 49.2 Å². The number of hydrogen-bond acceptors (Lipinski definition) is 3. The second-order valence-corrected chi connectivity index (χ2v) is 11.0. The highest BCUT2D eigenvalue weighted by Gasteiger charge is 2.37. The van der Waals surface area contributed by atoms with Gasteiger partial charge in [-0.15, -0.1) is 0 Å². The lowest BCUT2D eigenvalue weighted by molar-refractivity contribution is -0.137. The first-order chi connectivity index (χ1) is 14.9. The number of benzene rings is 2. The Balaban J connectivity index is 1.38. The maximum atomic E-state index is 13.3. The molecule has 2 aromatic carbocycles. The molecule has 1 atom stereocenters. The van der Waals surface area contributed by atoms with Gasteiger partial charge in [-0.05, 0) is 62.8 Å². The van der Waals surface area contributed by atoms with Crippen molar-refractivity contribution in [3.63, 3.8) is 0 Å². The van der Waals surface area contributed by atoms with Crippen molar-refractivity contribution in [3.8, 4) is 0 Å². The van der Waals surface area contributed by atoms with Crippen LogP contribution in [0.4, 0.5) is 0 Å². The topological polar surface area (TPSA) is 57.7 Å². The lowest BCUT2D eigenvalue weighted by Crippen LogP contribution is -2.46. The number of carbonyl (C=O) groups excluding carboxylic acids is 1. The van der Waals surface area contributed by atoms with Crippen LogP contribution in [0, 0.1) is 12.8 Å². The van der Waals surface area contributed by atoms with Gasteiger partial charge in [-0.1, -0.05) is 47.5 Å². The van der Waals surface area contributed by atoms with Crippen molar-refractivity contribution in [3.05, 3.63) is 64.7 Å². The summed E-state index contributed by atoms with van der Waals surface area (Å²) in [6, 6.07) is 14.9. The quantitative estimate of drug-likeness (QED) is 0.669. The number of amides is 1. The van der Waals surface area contributed by atoms with E-state index in [-0.39, 0.29) is 17.9 Å². The minimum atomic E-state index is -3.51. The fourth-order valence-corrected chi connectivity index (χ4v) is 6.38. The number of carbonyl (C=O) groups is 1. The van der Waals surface area contributed by atoms with Gasteiger partial charge in [0.05, 0.1) is 4.90 Å². The van der Waals surface area contributed by atoms with Crippen LogP contribution in [0.25, 0.3) is 0 Å². The average molecular weight is 461 g/mol. The van der Waals surface area contributed by atoms with E-state index in [2.05, 4.69) is 0 Å². The molecule has 0 saturated carbocycles. The van der Waals surface area contributed by atoms with Gasteiger partial charge in [-0.25, -0.2) is 8.42 Å². The molecule has 166 valence electrons. The molecule has 1 unspecified atom stereocenters. The van der Waals surface area contributed by atoms with Gasteiger partial charge in [0, 0.05) is 36.6 Å². The van der Waals surface area contributed by atoms with Crippen LogP contribution in [0.5, 0.6) is 0 Å². The van der Waals surface area contributed by atoms with Gasteiger partial charge < -0.3 is 4.90 Å². The fraction of sp³-hybridized carbons (Fsp3) is 0.458. The molecule has 7 heteroatoms. The summed E-state index contributed by atoms with van der Waals surface area (Å²) in [5.74, 6) is 0.0539. The predicted molar refractivity (Wildman–Crippen MR) is 123 cm³/mol. The van der Waals surface area contributed by atoms with Gasteiger partial charge in [-0.3, -0.25) is 4.79 Å². The highest BCUT2D eigenvalue weighted by Crippen LogP contribution is 2.30. The molecule has 2 aliphatic rings. The van der Waals surface area contributed by atoms with Crippen molar-refractivity contribution in [2.24, 2.45) is 5.92 Å². The number of nitrogens with zero attached hydrogens (tertiary/aromatic N) is 2. The smallest absolute Gasteiger partial charge is 0.243 e. The zero-order valence-electron chi connectivity index (χ0n) is 17.8. The number of rotatable bonds is 5. The minimum Gasteiger partial charge on any atom is -0.339 e. The Labute approximate surface area is 190 Å². The van der Waals surface area contributed by atoms with Crippen molar-refractivity contribution < 1.29 is 13.2 Å². The summed E-state index contributed by atoms with van der Waals surface area (Å²) >= 11 is 6.33. The van der Waals surface area contributed by atoms with E-state index < -0.39 is 10.0 Å². The van der Waals surface area contributed by atoms with Crippen LogP contribution < -0.4 is 0 Å². The summed E-state index contributed by atoms with van der Waals surface area (Å²) in [7, 11) is -3.51. The van der Waals surface area contributed by atoms with E-state index in [0.29, 0.717) is 30.8 Å². The van der Waals surface area contributed by atoms with Crippen LogP contribution in [0.1, 0.15) is 36.8 Å². The van der Waals surface area contributed by atoms with Crippen molar-refractivity contribution in [2.45, 2.75) is 50.0 Å². The maximum absolute atomic E-state index is 13.3. The van der Waals surface area contributed by atoms with E-state index in [4.69, 9.17) is 11.6 Å². The molecule has 0 radical (unpaired) electrons. The average Bonchev–Trinajstić information content (AvgIpc) is 3.23. The Hall–Kier alpha value is -1.89. The molecule has 31 heavy (non-hydrogen) atoms. The SMILES string of the molecule is Cc1ccc(S(=O)(=O)N2CCC(C(=O)N3CCCC3Cc3ccccc3Cl)CC2)cc1. The molecule has 0 spiro atoms. The fourth-order valence-electron chi connectivity index (χ4n) is 4.69. The second-order valence-electron chi connectivity index (χ2n) is 8.61. The molecule has 1 amide bonds. The monoisotopic (exact) mass is 460 g/mol. The Morgan fingerprint density at radius 1 is 1.00 bits per heavy atom. The van der Waals surface area contributed by atoms with Crippen molar-refractivity contribution in [1.29, 1.82) is 0 Å². The van der Waals surface area contributed by atoms with Crippen molar-refractivity contribution in [1.82, 2.24) is 9.21 Å². The van der Waals surface area contributed by atoms with Crippen LogP contribution in [0.15, 0.2) is 53.4 Å². The van der Waals surface area contributed by atoms with E-state index in [1.165, 1.54) is 4.31 Å². The van der Waals surface area contributed by atoms with Crippen LogP contribution in [0.2, 0.25) is 5.02 Å². The van der Waals surface area contributed by atoms with E-state index in [0.717, 1.165) is 42.0 Å². The van der Waals surface area contributed by atoms with Gasteiger partial charge >= 0.3 is 0 Å². The lowest BCUT2D eigenvalue weighted by atomic mass is 9.95. The number of likely N-dealkylation sites (tertiary alicyclic amines) is 1. The third-order valence-electron chi connectivity index (χ3n) is 6.54. The molecule has 0 aliphatic carbocycles. The van der Waals surface area contributed by atoms with Crippen molar-refractivity contribution >= 4 is 27.5 Å². The predicted octanol–water partition coefficient (Wildman–Crippen LogP) is 4.28. The molecule has 2 fully saturated rings. The zero-order valence-corrected chi connectivity index (χ0v) is 19.4. The summed E-state index contributed by atoms with van der Waals surface area (Å²) < 4.78 is 27.4. The van der Waals surface area contributed by atoms with Crippen molar-refractivity contribution in [2.75, 3.05) is 19.6 Å². The summed E-state index contributed by atoms with van der Waals surface area (Å²) in [5.41, 5.74) is 2.10. The van der Waals surface area contributed by atoms with Crippen LogP contribution in [0.3, 0.4) is 0 Å². The summed E-state index contributed by atoms with van der Waals surface area (Å²) in [6.45, 7) is 3.48. The van der Waals surface area contributed by atoms with E-state index >= 15 is 0 Å². The summed E-state index contributed by atoms with van der Waals surface area (Å²) in [4.78, 5) is 15.6. The molecule has 0 aromatic heterocycles. The first-order valence-corrected chi connectivity index (χ1v) is 12.8. The summed E-state index contributed by atoms with van der Waals surface area (Å²) in [6.07, 6.45) is 3.89. The molecule has 2 saturated heterocycles. The maximum Gasteiger partial charge on any atom is 0.243 e. The lowest BCUT2D eigenvalue weighted by Gasteiger charge is -2.34. The molecular weight excluding hydrogens is 432 g/mol. The first kappa shape index (κ1) is 22.3. The molecule has 2 aromatic rings. The highest BCUT2D eigenvalue weighted by atomic mass is 35.5. The number of piperidine rings is 1. The zero-order chi connectivity index (χ0) is 22.0. The summed E-state index contributed by atoms with van der Waals surface area (Å²) in [5, 5.41) is 0.747. The third kappa shape index (κ3) is 4.81. The molecule has 0 bridgehead atoms. The van der Waals surface area contributed by atoms with E-state index in [1.807, 2.05) is 48.2 Å². The Bertz CT molecular complexity index is 1030. The highest BCUT2D eigenvalue weighted by molar-refractivity contribution is 7.89. The Kier molecular flexibility index (Phi) is 6.70. The Morgan fingerprint density at radius 3 is 2.35 bits per heavy atom. The Morgan fingerprint density at radius 2 is 1.68 bits per heavy atom. The molecule has 0 N–H and O–H groups in total. The molecule has 2 aliphatic heterocycles. The van der Waals surface area contributed by atoms with E-state index in [9.17, 15) is 13.2 Å². The van der Waals surface area contributed by atoms with Gasteiger partial charge in [0.1, 0.15) is 0 Å². The number of sulfonamides is 1. The molecule has 2 heterocycles. The van der Waals surface area contributed by atoms with Crippen LogP contribution in [-0.2, 0) is 21.2 Å². The van der Waals surface area contributed by atoms with E-state index in [1.54, 1.807) is 12.1 Å². The first-order valence-electron chi connectivity index (χ1n) is 11.0. The third-order valence-corrected chi connectivity index (χ3v) is 8.82. The standard InChI is InChI=1S/C24H29ClN2O3S/c1-18-8-10-22(11-9-18)31(29,30)26-15-12-19(13-16-26)24(28)27-14-4-6-21(27)17-20-5-2-3-7-23(20)25/h2-3,5,7-11,19,21H,4,6,12-17H2,1H3. The molecule has 4 rings (SSSR count). The molecular formula is C24H29ClN2O3S. The van der Waals surface area contributed by atoms with Gasteiger partial charge in [-0.2, -0.15) is 4.31 Å². The minimum absolute atomic E-state index is 0.115. The molecule has 5 nitrogen and oxygen atoms in total. The normalized spacial score (nSPS) is 20.8. The van der Waals surface area contributed by atoms with Gasteiger partial charge in [0.2, 0.25) is 15.9 Å².